The number of nitrogens with two attached hydrogens (primary N) is 1. The highest BCUT2D eigenvalue weighted by Crippen LogP contribution is 1.80. The average molecular weight is 263 g/mol. The zero-order chi connectivity index (χ0) is 12.9. The van der Waals surface area contributed by atoms with E-state index in [0.717, 1.165) is 26.2 Å². The van der Waals surface area contributed by atoms with Crippen molar-refractivity contribution in [1.82, 2.24) is 10.6 Å². The van der Waals surface area contributed by atoms with E-state index in [0.29, 0.717) is 18.3 Å². The van der Waals surface area contributed by atoms with Crippen LogP contribution in [0.1, 0.15) is 13.3 Å². The standard InChI is InChI=1S/C10H21N3O3S/c1-2-15-6-3-4-12-10(17)13-5-7-16-8-9(11)14/h2-8H2,1H3,(H2,11,14)(H2,12,13,17). The first kappa shape index (κ1) is 16.1. The lowest BCUT2D eigenvalue weighted by atomic mass is 10.4. The molecule has 0 atom stereocenters. The van der Waals surface area contributed by atoms with E-state index in [1.807, 2.05) is 6.92 Å². The minimum absolute atomic E-state index is 0.0593. The summed E-state index contributed by atoms with van der Waals surface area (Å²) >= 11 is 5.02. The Morgan fingerprint density at radius 1 is 1.24 bits per heavy atom. The fourth-order valence-electron chi connectivity index (χ4n) is 0.992. The zero-order valence-corrected chi connectivity index (χ0v) is 11.0. The number of amides is 1. The number of hydrogen-bond acceptors (Lipinski definition) is 4. The van der Waals surface area contributed by atoms with Crippen LogP contribution in [0.5, 0.6) is 0 Å². The molecule has 0 fully saturated rings. The van der Waals surface area contributed by atoms with Gasteiger partial charge in [0.05, 0.1) is 6.61 Å². The predicted molar refractivity (Wildman–Crippen MR) is 69.7 cm³/mol. The van der Waals surface area contributed by atoms with Gasteiger partial charge in [-0.3, -0.25) is 4.79 Å². The topological polar surface area (TPSA) is 85.6 Å². The average Bonchev–Trinajstić information content (AvgIpc) is 2.28. The first-order valence-corrected chi connectivity index (χ1v) is 6.03. The maximum Gasteiger partial charge on any atom is 0.243 e. The molecule has 4 N–H and O–H groups in total. The van der Waals surface area contributed by atoms with Crippen LogP contribution >= 0.6 is 12.2 Å². The van der Waals surface area contributed by atoms with Crippen LogP contribution in [0.15, 0.2) is 0 Å². The SMILES string of the molecule is CCOCCCNC(=S)NCCOCC(N)=O. The van der Waals surface area contributed by atoms with Crippen molar-refractivity contribution in [3.05, 3.63) is 0 Å². The Kier molecular flexibility index (Phi) is 10.9. The van der Waals surface area contributed by atoms with Crippen LogP contribution < -0.4 is 16.4 Å². The molecule has 0 aromatic carbocycles. The van der Waals surface area contributed by atoms with Crippen molar-refractivity contribution in [3.8, 4) is 0 Å². The smallest absolute Gasteiger partial charge is 0.243 e. The fraction of sp³-hybridized carbons (Fsp3) is 0.800. The van der Waals surface area contributed by atoms with Crippen molar-refractivity contribution in [2.45, 2.75) is 13.3 Å². The molecule has 1 amide bonds. The summed E-state index contributed by atoms with van der Waals surface area (Å²) in [6.45, 7) is 5.08. The highest BCUT2D eigenvalue weighted by molar-refractivity contribution is 7.80. The lowest BCUT2D eigenvalue weighted by molar-refractivity contribution is -0.122. The third-order valence-electron chi connectivity index (χ3n) is 1.73. The van der Waals surface area contributed by atoms with Gasteiger partial charge in [-0.15, -0.1) is 0 Å². The molecule has 17 heavy (non-hydrogen) atoms. The van der Waals surface area contributed by atoms with Crippen molar-refractivity contribution in [2.24, 2.45) is 5.73 Å². The van der Waals surface area contributed by atoms with E-state index in [2.05, 4.69) is 10.6 Å². The summed E-state index contributed by atoms with van der Waals surface area (Å²) < 4.78 is 10.1. The summed E-state index contributed by atoms with van der Waals surface area (Å²) in [6, 6.07) is 0. The molecule has 0 aromatic heterocycles. The summed E-state index contributed by atoms with van der Waals surface area (Å²) in [6.07, 6.45) is 0.911. The van der Waals surface area contributed by atoms with Gasteiger partial charge in [-0.2, -0.15) is 0 Å². The Labute approximate surface area is 107 Å². The van der Waals surface area contributed by atoms with Crippen LogP contribution in [-0.4, -0.2) is 50.5 Å². The second kappa shape index (κ2) is 11.6. The molecule has 0 aliphatic rings. The number of primary amides is 1. The number of carbonyl (C=O) groups is 1. The van der Waals surface area contributed by atoms with Crippen LogP contribution in [0.3, 0.4) is 0 Å². The number of ether oxygens (including phenoxy) is 2. The van der Waals surface area contributed by atoms with Gasteiger partial charge in [0.25, 0.3) is 0 Å². The van der Waals surface area contributed by atoms with Gasteiger partial charge in [-0.25, -0.2) is 0 Å². The van der Waals surface area contributed by atoms with Gasteiger partial charge in [-0.1, -0.05) is 0 Å². The zero-order valence-electron chi connectivity index (χ0n) is 10.2. The summed E-state index contributed by atoms with van der Waals surface area (Å²) in [5, 5.41) is 6.56. The molecule has 0 aliphatic carbocycles. The second-order valence-electron chi connectivity index (χ2n) is 3.25. The van der Waals surface area contributed by atoms with E-state index < -0.39 is 5.91 Å². The Morgan fingerprint density at radius 3 is 2.59 bits per heavy atom. The molecule has 0 saturated heterocycles. The van der Waals surface area contributed by atoms with Crippen LogP contribution in [0.2, 0.25) is 0 Å². The molecule has 0 saturated carbocycles. The van der Waals surface area contributed by atoms with Crippen LogP contribution in [-0.2, 0) is 14.3 Å². The van der Waals surface area contributed by atoms with Crippen molar-refractivity contribution >= 4 is 23.2 Å². The van der Waals surface area contributed by atoms with E-state index >= 15 is 0 Å². The number of carbonyl (C=O) groups excluding carboxylic acids is 1. The monoisotopic (exact) mass is 263 g/mol. The van der Waals surface area contributed by atoms with Gasteiger partial charge >= 0.3 is 0 Å². The van der Waals surface area contributed by atoms with Gasteiger partial charge in [0.15, 0.2) is 5.11 Å². The fourth-order valence-corrected chi connectivity index (χ4v) is 1.20. The van der Waals surface area contributed by atoms with Crippen molar-refractivity contribution in [2.75, 3.05) is 39.5 Å². The normalized spacial score (nSPS) is 9.94. The number of nitrogens with one attached hydrogen (secondary N) is 2. The highest BCUT2D eigenvalue weighted by atomic mass is 32.1. The maximum atomic E-state index is 10.4. The summed E-state index contributed by atoms with van der Waals surface area (Å²) in [5.41, 5.74) is 4.91. The number of hydrogen-bond donors (Lipinski definition) is 3. The lowest BCUT2D eigenvalue weighted by Crippen LogP contribution is -2.38. The molecule has 0 unspecified atom stereocenters. The number of rotatable bonds is 10. The van der Waals surface area contributed by atoms with Crippen molar-refractivity contribution in [3.63, 3.8) is 0 Å². The molecule has 0 bridgehead atoms. The van der Waals surface area contributed by atoms with Crippen LogP contribution in [0, 0.1) is 0 Å². The third kappa shape index (κ3) is 13.0. The molecule has 0 heterocycles. The molecule has 0 spiro atoms. The molecular weight excluding hydrogens is 242 g/mol. The Bertz CT molecular complexity index is 227. The van der Waals surface area contributed by atoms with Crippen LogP contribution in [0.4, 0.5) is 0 Å². The summed E-state index contributed by atoms with van der Waals surface area (Å²) in [7, 11) is 0. The molecule has 0 radical (unpaired) electrons. The molecule has 0 aliphatic heterocycles. The molecule has 0 rings (SSSR count). The van der Waals surface area contributed by atoms with Gasteiger partial charge < -0.3 is 25.8 Å². The van der Waals surface area contributed by atoms with Gasteiger partial charge in [0.1, 0.15) is 6.61 Å². The minimum Gasteiger partial charge on any atom is -0.382 e. The van der Waals surface area contributed by atoms with E-state index in [1.165, 1.54) is 0 Å². The van der Waals surface area contributed by atoms with Gasteiger partial charge in [0, 0.05) is 26.3 Å². The van der Waals surface area contributed by atoms with Crippen LogP contribution in [0.25, 0.3) is 0 Å². The largest absolute Gasteiger partial charge is 0.382 e. The van der Waals surface area contributed by atoms with E-state index in [1.54, 1.807) is 0 Å². The minimum atomic E-state index is -0.471. The molecular formula is C10H21N3O3S. The third-order valence-corrected chi connectivity index (χ3v) is 2.02. The van der Waals surface area contributed by atoms with E-state index in [4.69, 9.17) is 27.4 Å². The summed E-state index contributed by atoms with van der Waals surface area (Å²) in [4.78, 5) is 10.4. The van der Waals surface area contributed by atoms with E-state index in [-0.39, 0.29) is 6.61 Å². The first-order chi connectivity index (χ1) is 8.16. The molecule has 100 valence electrons. The molecule has 7 heteroatoms. The Morgan fingerprint density at radius 2 is 1.94 bits per heavy atom. The summed E-state index contributed by atoms with van der Waals surface area (Å²) in [5.74, 6) is -0.471. The Balaban J connectivity index is 3.20. The molecule has 0 aromatic rings. The second-order valence-corrected chi connectivity index (χ2v) is 3.66. The Hall–Kier alpha value is -0.920. The lowest BCUT2D eigenvalue weighted by Gasteiger charge is -2.10. The van der Waals surface area contributed by atoms with Gasteiger partial charge in [0.2, 0.25) is 5.91 Å². The first-order valence-electron chi connectivity index (χ1n) is 5.62. The van der Waals surface area contributed by atoms with E-state index in [9.17, 15) is 4.79 Å². The molecule has 6 nitrogen and oxygen atoms in total. The highest BCUT2D eigenvalue weighted by Gasteiger charge is 1.96. The quantitative estimate of drug-likeness (QED) is 0.360. The van der Waals surface area contributed by atoms with Crippen molar-refractivity contribution in [1.29, 1.82) is 0 Å². The number of thiocarbonyl (C=S) groups is 1. The maximum absolute atomic E-state index is 10.4. The predicted octanol–water partition coefficient (Wildman–Crippen LogP) is -0.621. The van der Waals surface area contributed by atoms with Gasteiger partial charge in [-0.05, 0) is 25.6 Å². The van der Waals surface area contributed by atoms with Crippen molar-refractivity contribution < 1.29 is 14.3 Å².